The zero-order valence-corrected chi connectivity index (χ0v) is 19.2. The summed E-state index contributed by atoms with van der Waals surface area (Å²) in [5, 5.41) is 6.92. The summed E-state index contributed by atoms with van der Waals surface area (Å²) in [6, 6.07) is 17.3. The van der Waals surface area contributed by atoms with Gasteiger partial charge in [-0.05, 0) is 44.6 Å². The van der Waals surface area contributed by atoms with Crippen LogP contribution in [0.3, 0.4) is 0 Å². The van der Waals surface area contributed by atoms with Crippen molar-refractivity contribution in [1.29, 1.82) is 0 Å². The predicted molar refractivity (Wildman–Crippen MR) is 127 cm³/mol. The van der Waals surface area contributed by atoms with Crippen molar-refractivity contribution < 1.29 is 9.47 Å². The quantitative estimate of drug-likeness (QED) is 0.479. The molecule has 2 aromatic carbocycles. The standard InChI is InChI=1S/C25H36N4O2/c1-19-10-11-21(24(14-19)31-23-12-13-30-18-23)16-27-25(26-2)28-17-22(29(3)4)15-20-8-6-5-7-9-20/h5-11,14,22-23H,12-13,15-18H2,1-4H3,(H2,26,27,28). The lowest BCUT2D eigenvalue weighted by Crippen LogP contribution is -2.45. The number of rotatable bonds is 9. The van der Waals surface area contributed by atoms with Crippen LogP contribution in [0.5, 0.6) is 5.75 Å². The second-order valence-electron chi connectivity index (χ2n) is 8.33. The summed E-state index contributed by atoms with van der Waals surface area (Å²) in [7, 11) is 6.04. The molecule has 6 heteroatoms. The van der Waals surface area contributed by atoms with Gasteiger partial charge in [-0.15, -0.1) is 0 Å². The molecule has 0 saturated carbocycles. The Morgan fingerprint density at radius 1 is 1.19 bits per heavy atom. The van der Waals surface area contributed by atoms with Crippen molar-refractivity contribution in [2.75, 3.05) is 40.9 Å². The highest BCUT2D eigenvalue weighted by Gasteiger charge is 2.19. The van der Waals surface area contributed by atoms with E-state index >= 15 is 0 Å². The zero-order chi connectivity index (χ0) is 22.1. The van der Waals surface area contributed by atoms with E-state index in [-0.39, 0.29) is 6.10 Å². The predicted octanol–water partition coefficient (Wildman–Crippen LogP) is 3.00. The van der Waals surface area contributed by atoms with Gasteiger partial charge in [0.15, 0.2) is 5.96 Å². The Morgan fingerprint density at radius 3 is 2.68 bits per heavy atom. The van der Waals surface area contributed by atoms with E-state index in [0.29, 0.717) is 19.2 Å². The highest BCUT2D eigenvalue weighted by atomic mass is 16.5. The third-order valence-corrected chi connectivity index (χ3v) is 5.62. The number of hydrogen-bond donors (Lipinski definition) is 2. The van der Waals surface area contributed by atoms with E-state index in [2.05, 4.69) is 90.1 Å². The van der Waals surface area contributed by atoms with Gasteiger partial charge in [-0.25, -0.2) is 0 Å². The number of aryl methyl sites for hydroxylation is 1. The molecule has 0 bridgehead atoms. The summed E-state index contributed by atoms with van der Waals surface area (Å²) in [6.45, 7) is 4.98. The van der Waals surface area contributed by atoms with Crippen molar-refractivity contribution in [2.45, 2.75) is 38.5 Å². The molecule has 2 atom stereocenters. The molecule has 1 aliphatic rings. The van der Waals surface area contributed by atoms with Crippen LogP contribution >= 0.6 is 0 Å². The van der Waals surface area contributed by atoms with Gasteiger partial charge in [0.2, 0.25) is 0 Å². The second-order valence-corrected chi connectivity index (χ2v) is 8.33. The minimum Gasteiger partial charge on any atom is -0.488 e. The van der Waals surface area contributed by atoms with E-state index in [4.69, 9.17) is 9.47 Å². The minimum absolute atomic E-state index is 0.136. The molecule has 0 aromatic heterocycles. The summed E-state index contributed by atoms with van der Waals surface area (Å²) in [5.41, 5.74) is 3.65. The third kappa shape index (κ3) is 7.26. The van der Waals surface area contributed by atoms with E-state index in [9.17, 15) is 0 Å². The molecule has 0 spiro atoms. The van der Waals surface area contributed by atoms with Crippen LogP contribution in [0, 0.1) is 6.92 Å². The van der Waals surface area contributed by atoms with Gasteiger partial charge in [-0.1, -0.05) is 42.5 Å². The van der Waals surface area contributed by atoms with Crippen LogP contribution < -0.4 is 15.4 Å². The molecule has 168 valence electrons. The summed E-state index contributed by atoms with van der Waals surface area (Å²) in [5.74, 6) is 1.71. The molecule has 2 N–H and O–H groups in total. The van der Waals surface area contributed by atoms with Gasteiger partial charge in [0.05, 0.1) is 13.2 Å². The zero-order valence-electron chi connectivity index (χ0n) is 19.2. The van der Waals surface area contributed by atoms with Crippen molar-refractivity contribution >= 4 is 5.96 Å². The molecule has 0 aliphatic carbocycles. The normalized spacial score (nSPS) is 17.6. The fraction of sp³-hybridized carbons (Fsp3) is 0.480. The molecule has 0 amide bonds. The Labute approximate surface area is 186 Å². The summed E-state index contributed by atoms with van der Waals surface area (Å²) >= 11 is 0. The highest BCUT2D eigenvalue weighted by Crippen LogP contribution is 2.23. The van der Waals surface area contributed by atoms with Gasteiger partial charge in [0.25, 0.3) is 0 Å². The van der Waals surface area contributed by atoms with Crippen molar-refractivity contribution in [3.63, 3.8) is 0 Å². The van der Waals surface area contributed by atoms with Crippen molar-refractivity contribution in [3.05, 3.63) is 65.2 Å². The Morgan fingerprint density at radius 2 is 2.00 bits per heavy atom. The van der Waals surface area contributed by atoms with Crippen LogP contribution in [0.15, 0.2) is 53.5 Å². The van der Waals surface area contributed by atoms with Crippen molar-refractivity contribution in [1.82, 2.24) is 15.5 Å². The number of hydrogen-bond acceptors (Lipinski definition) is 4. The maximum atomic E-state index is 6.22. The molecular weight excluding hydrogens is 388 g/mol. The first-order valence-electron chi connectivity index (χ1n) is 11.0. The Bertz CT molecular complexity index is 833. The number of guanidine groups is 1. The molecule has 2 unspecified atom stereocenters. The van der Waals surface area contributed by atoms with E-state index in [1.54, 1.807) is 7.05 Å². The van der Waals surface area contributed by atoms with Gasteiger partial charge >= 0.3 is 0 Å². The van der Waals surface area contributed by atoms with E-state index < -0.39 is 0 Å². The number of benzene rings is 2. The smallest absolute Gasteiger partial charge is 0.191 e. The fourth-order valence-electron chi connectivity index (χ4n) is 3.64. The van der Waals surface area contributed by atoms with Crippen LogP contribution in [0.4, 0.5) is 0 Å². The van der Waals surface area contributed by atoms with Crippen LogP contribution in [0.25, 0.3) is 0 Å². The maximum absolute atomic E-state index is 6.22. The molecule has 1 heterocycles. The lowest BCUT2D eigenvalue weighted by Gasteiger charge is -2.26. The van der Waals surface area contributed by atoms with Crippen LogP contribution in [-0.2, 0) is 17.7 Å². The summed E-state index contributed by atoms with van der Waals surface area (Å²) in [4.78, 5) is 6.66. The first kappa shape index (κ1) is 23.1. The molecular formula is C25H36N4O2. The van der Waals surface area contributed by atoms with E-state index in [0.717, 1.165) is 43.3 Å². The molecule has 0 radical (unpaired) electrons. The molecule has 3 rings (SSSR count). The van der Waals surface area contributed by atoms with E-state index in [1.165, 1.54) is 11.1 Å². The lowest BCUT2D eigenvalue weighted by molar-refractivity contribution is 0.140. The van der Waals surface area contributed by atoms with Gasteiger partial charge in [0, 0.05) is 38.2 Å². The van der Waals surface area contributed by atoms with Gasteiger partial charge < -0.3 is 25.0 Å². The number of nitrogens with one attached hydrogen (secondary N) is 2. The summed E-state index contributed by atoms with van der Waals surface area (Å²) in [6.07, 6.45) is 2.06. The molecule has 1 fully saturated rings. The average Bonchev–Trinajstić information content (AvgIpc) is 3.27. The molecule has 31 heavy (non-hydrogen) atoms. The van der Waals surface area contributed by atoms with Crippen LogP contribution in [-0.4, -0.2) is 63.9 Å². The third-order valence-electron chi connectivity index (χ3n) is 5.62. The average molecular weight is 425 g/mol. The molecule has 1 saturated heterocycles. The topological polar surface area (TPSA) is 58.1 Å². The Hall–Kier alpha value is -2.57. The largest absolute Gasteiger partial charge is 0.488 e. The Kier molecular flexibility index (Phi) is 8.74. The number of ether oxygens (including phenoxy) is 2. The van der Waals surface area contributed by atoms with E-state index in [1.807, 2.05) is 0 Å². The van der Waals surface area contributed by atoms with Crippen LogP contribution in [0.2, 0.25) is 0 Å². The minimum atomic E-state index is 0.136. The number of likely N-dealkylation sites (N-methyl/N-ethyl adjacent to an activating group) is 1. The second kappa shape index (κ2) is 11.7. The number of aliphatic imine (C=N–C) groups is 1. The van der Waals surface area contributed by atoms with Gasteiger partial charge in [0.1, 0.15) is 11.9 Å². The van der Waals surface area contributed by atoms with Crippen LogP contribution in [0.1, 0.15) is 23.1 Å². The monoisotopic (exact) mass is 424 g/mol. The van der Waals surface area contributed by atoms with Gasteiger partial charge in [-0.2, -0.15) is 0 Å². The number of nitrogens with zero attached hydrogens (tertiary/aromatic N) is 2. The summed E-state index contributed by atoms with van der Waals surface area (Å²) < 4.78 is 11.7. The lowest BCUT2D eigenvalue weighted by atomic mass is 10.1. The van der Waals surface area contributed by atoms with Gasteiger partial charge in [-0.3, -0.25) is 4.99 Å². The van der Waals surface area contributed by atoms with Crippen molar-refractivity contribution in [3.8, 4) is 5.75 Å². The maximum Gasteiger partial charge on any atom is 0.191 e. The Balaban J connectivity index is 1.56. The molecule has 6 nitrogen and oxygen atoms in total. The molecule has 1 aliphatic heterocycles. The SMILES string of the molecule is CN=C(NCc1ccc(C)cc1OC1CCOC1)NCC(Cc1ccccc1)N(C)C. The first-order chi connectivity index (χ1) is 15.0. The molecule has 2 aromatic rings. The van der Waals surface area contributed by atoms with Crippen molar-refractivity contribution in [2.24, 2.45) is 4.99 Å². The fourth-order valence-corrected chi connectivity index (χ4v) is 3.64. The first-order valence-corrected chi connectivity index (χ1v) is 11.0. The highest BCUT2D eigenvalue weighted by molar-refractivity contribution is 5.79.